The first-order valence-electron chi connectivity index (χ1n) is 11.3. The zero-order valence-electron chi connectivity index (χ0n) is 19.5. The van der Waals surface area contributed by atoms with Crippen molar-refractivity contribution >= 4 is 11.0 Å². The van der Waals surface area contributed by atoms with Crippen molar-refractivity contribution in [2.24, 2.45) is 0 Å². The van der Waals surface area contributed by atoms with Gasteiger partial charge in [-0.2, -0.15) is 0 Å². The van der Waals surface area contributed by atoms with Crippen molar-refractivity contribution in [3.63, 3.8) is 0 Å². The molecule has 0 aliphatic heterocycles. The Kier molecular flexibility index (Phi) is 5.92. The molecular weight excluding hydrogens is 396 g/mol. The molecule has 0 fully saturated rings. The van der Waals surface area contributed by atoms with Crippen LogP contribution >= 0.6 is 0 Å². The van der Waals surface area contributed by atoms with Crippen LogP contribution in [0.4, 0.5) is 0 Å². The van der Waals surface area contributed by atoms with Crippen LogP contribution in [0, 0.1) is 0 Å². The first-order chi connectivity index (χ1) is 15.4. The van der Waals surface area contributed by atoms with Crippen LogP contribution < -0.4 is 10.2 Å². The van der Waals surface area contributed by atoms with Crippen molar-refractivity contribution in [3.05, 3.63) is 88.1 Å². The van der Waals surface area contributed by atoms with Gasteiger partial charge in [0.2, 0.25) is 11.2 Å². The molecule has 3 aromatic carbocycles. The zero-order chi connectivity index (χ0) is 22.9. The minimum atomic E-state index is -0.151. The number of fused-ring (bicyclic) bond motifs is 4. The number of para-hydroxylation sites is 1. The lowest BCUT2D eigenvalue weighted by Gasteiger charge is -2.22. The van der Waals surface area contributed by atoms with Crippen LogP contribution in [0.25, 0.3) is 33.4 Å². The summed E-state index contributed by atoms with van der Waals surface area (Å²) in [6, 6.07) is 22.0. The predicted octanol–water partition coefficient (Wildman–Crippen LogP) is 7.58. The molecule has 4 aromatic rings. The lowest BCUT2D eigenvalue weighted by molar-refractivity contribution is 0.398. The van der Waals surface area contributed by atoms with Gasteiger partial charge in [-0.1, -0.05) is 89.1 Å². The van der Waals surface area contributed by atoms with Gasteiger partial charge in [0.15, 0.2) is 5.76 Å². The molecule has 3 heteroatoms. The van der Waals surface area contributed by atoms with Gasteiger partial charge in [-0.05, 0) is 40.5 Å². The van der Waals surface area contributed by atoms with E-state index in [4.69, 9.17) is 9.15 Å². The SMILES string of the molecule is CCCC.COc1c(-c2ccc3c(c2)C(C)(C)c2ccccc2-3)oc2ccccc2c1=O. The summed E-state index contributed by atoms with van der Waals surface area (Å²) in [5, 5.41) is 0.525. The molecule has 1 aromatic heterocycles. The molecule has 164 valence electrons. The van der Waals surface area contributed by atoms with Crippen molar-refractivity contribution in [2.45, 2.75) is 46.0 Å². The predicted molar refractivity (Wildman–Crippen MR) is 133 cm³/mol. The second kappa shape index (κ2) is 8.66. The van der Waals surface area contributed by atoms with Gasteiger partial charge in [0.25, 0.3) is 0 Å². The molecule has 0 radical (unpaired) electrons. The van der Waals surface area contributed by atoms with E-state index in [0.717, 1.165) is 5.56 Å². The minimum absolute atomic E-state index is 0.119. The Balaban J connectivity index is 0.000000567. The molecule has 1 heterocycles. The van der Waals surface area contributed by atoms with Crippen LogP contribution in [0.3, 0.4) is 0 Å². The summed E-state index contributed by atoms with van der Waals surface area (Å²) >= 11 is 0. The van der Waals surface area contributed by atoms with E-state index in [0.29, 0.717) is 16.7 Å². The average molecular weight is 427 g/mol. The molecular formula is C29H30O3. The van der Waals surface area contributed by atoms with E-state index in [1.165, 1.54) is 42.2 Å². The molecule has 0 bridgehead atoms. The Morgan fingerprint density at radius 3 is 2.22 bits per heavy atom. The van der Waals surface area contributed by atoms with Crippen molar-refractivity contribution in [3.8, 4) is 28.2 Å². The summed E-state index contributed by atoms with van der Waals surface area (Å²) in [5.41, 5.74) is 6.17. The normalized spacial score (nSPS) is 13.2. The van der Waals surface area contributed by atoms with Crippen LogP contribution in [0.1, 0.15) is 51.7 Å². The molecule has 1 aliphatic carbocycles. The van der Waals surface area contributed by atoms with Gasteiger partial charge >= 0.3 is 0 Å². The standard InChI is InChI=1S/C25H20O3.C4H10/c1-25(2)19-10-6-4-8-16(19)17-13-12-15(14-20(17)25)23-24(27-3)22(26)18-9-5-7-11-21(18)28-23;1-3-4-2/h4-14H,1-3H3;3-4H2,1-2H3. The molecule has 32 heavy (non-hydrogen) atoms. The third-order valence-corrected chi connectivity index (χ3v) is 6.31. The van der Waals surface area contributed by atoms with E-state index in [2.05, 4.69) is 64.1 Å². The van der Waals surface area contributed by atoms with Gasteiger partial charge in [0.1, 0.15) is 5.58 Å². The van der Waals surface area contributed by atoms with Gasteiger partial charge in [0.05, 0.1) is 12.5 Å². The molecule has 0 atom stereocenters. The number of methoxy groups -OCH3 is 1. The van der Waals surface area contributed by atoms with Gasteiger partial charge in [0, 0.05) is 11.0 Å². The van der Waals surface area contributed by atoms with E-state index in [1.807, 2.05) is 24.3 Å². The summed E-state index contributed by atoms with van der Waals surface area (Å²) in [7, 11) is 1.51. The second-order valence-corrected chi connectivity index (χ2v) is 8.72. The lowest BCUT2D eigenvalue weighted by atomic mass is 9.82. The first kappa shape index (κ1) is 21.9. The van der Waals surface area contributed by atoms with Gasteiger partial charge < -0.3 is 9.15 Å². The number of hydrogen-bond acceptors (Lipinski definition) is 3. The Labute approximate surface area is 189 Å². The van der Waals surface area contributed by atoms with E-state index in [9.17, 15) is 4.79 Å². The maximum Gasteiger partial charge on any atom is 0.235 e. The van der Waals surface area contributed by atoms with Gasteiger partial charge in [-0.25, -0.2) is 0 Å². The quantitative estimate of drug-likeness (QED) is 0.339. The Hall–Kier alpha value is -3.33. The molecule has 0 saturated carbocycles. The molecule has 3 nitrogen and oxygen atoms in total. The summed E-state index contributed by atoms with van der Waals surface area (Å²) in [4.78, 5) is 12.9. The summed E-state index contributed by atoms with van der Waals surface area (Å²) in [6.45, 7) is 8.82. The van der Waals surface area contributed by atoms with Crippen molar-refractivity contribution < 1.29 is 9.15 Å². The fourth-order valence-corrected chi connectivity index (χ4v) is 4.35. The van der Waals surface area contributed by atoms with E-state index >= 15 is 0 Å². The fourth-order valence-electron chi connectivity index (χ4n) is 4.35. The van der Waals surface area contributed by atoms with E-state index in [-0.39, 0.29) is 16.6 Å². The third kappa shape index (κ3) is 3.52. The smallest absolute Gasteiger partial charge is 0.235 e. The van der Waals surface area contributed by atoms with E-state index < -0.39 is 0 Å². The summed E-state index contributed by atoms with van der Waals surface area (Å²) < 4.78 is 11.6. The highest BCUT2D eigenvalue weighted by Crippen LogP contribution is 2.49. The van der Waals surface area contributed by atoms with Crippen LogP contribution in [-0.2, 0) is 5.41 Å². The fraction of sp³-hybridized carbons (Fsp3) is 0.276. The largest absolute Gasteiger partial charge is 0.490 e. The van der Waals surface area contributed by atoms with Crippen LogP contribution in [-0.4, -0.2) is 7.11 Å². The monoisotopic (exact) mass is 426 g/mol. The third-order valence-electron chi connectivity index (χ3n) is 6.31. The van der Waals surface area contributed by atoms with Crippen LogP contribution in [0.5, 0.6) is 5.75 Å². The Bertz CT molecular complexity index is 1330. The molecule has 0 amide bonds. The molecule has 1 aliphatic rings. The van der Waals surface area contributed by atoms with Crippen molar-refractivity contribution in [1.82, 2.24) is 0 Å². The van der Waals surface area contributed by atoms with Gasteiger partial charge in [-0.15, -0.1) is 0 Å². The number of unbranched alkanes of at least 4 members (excludes halogenated alkanes) is 1. The van der Waals surface area contributed by atoms with Crippen LogP contribution in [0.2, 0.25) is 0 Å². The highest BCUT2D eigenvalue weighted by molar-refractivity contribution is 5.85. The van der Waals surface area contributed by atoms with Crippen molar-refractivity contribution in [2.75, 3.05) is 7.11 Å². The lowest BCUT2D eigenvalue weighted by Crippen LogP contribution is -2.15. The molecule has 0 spiro atoms. The molecule has 5 rings (SSSR count). The highest BCUT2D eigenvalue weighted by atomic mass is 16.5. The highest BCUT2D eigenvalue weighted by Gasteiger charge is 2.35. The first-order valence-corrected chi connectivity index (χ1v) is 11.3. The molecule has 0 saturated heterocycles. The number of ether oxygens (including phenoxy) is 1. The summed E-state index contributed by atoms with van der Waals surface area (Å²) in [6.07, 6.45) is 2.64. The molecule has 0 unspecified atom stereocenters. The van der Waals surface area contributed by atoms with Crippen molar-refractivity contribution in [1.29, 1.82) is 0 Å². The van der Waals surface area contributed by atoms with Gasteiger partial charge in [-0.3, -0.25) is 4.79 Å². The Morgan fingerprint density at radius 1 is 0.844 bits per heavy atom. The molecule has 0 N–H and O–H groups in total. The number of hydrogen-bond donors (Lipinski definition) is 0. The Morgan fingerprint density at radius 2 is 1.50 bits per heavy atom. The zero-order valence-corrected chi connectivity index (χ0v) is 19.5. The minimum Gasteiger partial charge on any atom is -0.490 e. The summed E-state index contributed by atoms with van der Waals surface area (Å²) in [5.74, 6) is 0.715. The maximum absolute atomic E-state index is 12.9. The number of rotatable bonds is 3. The maximum atomic E-state index is 12.9. The van der Waals surface area contributed by atoms with E-state index in [1.54, 1.807) is 6.07 Å². The number of benzene rings is 3. The topological polar surface area (TPSA) is 39.4 Å². The second-order valence-electron chi connectivity index (χ2n) is 8.72. The average Bonchev–Trinajstić information content (AvgIpc) is 3.06. The van der Waals surface area contributed by atoms with Crippen LogP contribution in [0.15, 0.2) is 75.9 Å².